The Kier molecular flexibility index (Phi) is 8.00. The fourth-order valence-corrected chi connectivity index (χ4v) is 3.98. The lowest BCUT2D eigenvalue weighted by molar-refractivity contribution is 0.0572. The highest BCUT2D eigenvalue weighted by Crippen LogP contribution is 2.29. The lowest BCUT2D eigenvalue weighted by Crippen LogP contribution is -2.41. The van der Waals surface area contributed by atoms with Crippen molar-refractivity contribution in [3.05, 3.63) is 35.9 Å². The summed E-state index contributed by atoms with van der Waals surface area (Å²) >= 11 is 0. The van der Waals surface area contributed by atoms with Crippen LogP contribution in [-0.4, -0.2) is 47.7 Å². The van der Waals surface area contributed by atoms with Crippen molar-refractivity contribution in [1.29, 1.82) is 0 Å². The van der Waals surface area contributed by atoms with Crippen LogP contribution in [0.1, 0.15) is 44.6 Å². The standard InChI is InChI=1S/C20H31N3O.HI/c1-2-21-19(22-16-20(24)11-6-7-12-20)23-13-10-18(15-23)14-17-8-4-3-5-9-17;/h3-5,8-9,18,24H,2,6-7,10-16H2,1H3,(H,21,22);1H. The molecule has 1 unspecified atom stereocenters. The van der Waals surface area contributed by atoms with Crippen LogP contribution in [0.3, 0.4) is 0 Å². The smallest absolute Gasteiger partial charge is 0.194 e. The van der Waals surface area contributed by atoms with Gasteiger partial charge in [0.2, 0.25) is 0 Å². The van der Waals surface area contributed by atoms with E-state index in [4.69, 9.17) is 4.99 Å². The monoisotopic (exact) mass is 457 g/mol. The maximum atomic E-state index is 10.5. The molecule has 2 N–H and O–H groups in total. The molecule has 1 aromatic rings. The minimum atomic E-state index is -0.566. The number of benzene rings is 1. The van der Waals surface area contributed by atoms with Gasteiger partial charge in [-0.1, -0.05) is 43.2 Å². The van der Waals surface area contributed by atoms with Gasteiger partial charge in [-0.05, 0) is 44.1 Å². The number of guanidine groups is 1. The zero-order valence-electron chi connectivity index (χ0n) is 15.3. The SMILES string of the molecule is CCNC(=NCC1(O)CCCC1)N1CCC(Cc2ccccc2)C1.I. The Morgan fingerprint density at radius 2 is 2.00 bits per heavy atom. The van der Waals surface area contributed by atoms with E-state index in [9.17, 15) is 5.11 Å². The van der Waals surface area contributed by atoms with Crippen molar-refractivity contribution in [2.75, 3.05) is 26.2 Å². The van der Waals surface area contributed by atoms with Crippen LogP contribution in [-0.2, 0) is 6.42 Å². The number of nitrogens with one attached hydrogen (secondary N) is 1. The molecule has 25 heavy (non-hydrogen) atoms. The number of nitrogens with zero attached hydrogens (tertiary/aromatic N) is 2. The Labute approximate surface area is 169 Å². The van der Waals surface area contributed by atoms with Crippen LogP contribution >= 0.6 is 24.0 Å². The fourth-order valence-electron chi connectivity index (χ4n) is 3.98. The number of hydrogen-bond acceptors (Lipinski definition) is 2. The number of hydrogen-bond donors (Lipinski definition) is 2. The topological polar surface area (TPSA) is 47.9 Å². The first kappa shape index (κ1) is 20.5. The number of aliphatic hydroxyl groups is 1. The van der Waals surface area contributed by atoms with Crippen molar-refractivity contribution in [3.8, 4) is 0 Å². The third-order valence-electron chi connectivity index (χ3n) is 5.34. The molecule has 1 heterocycles. The van der Waals surface area contributed by atoms with Crippen LogP contribution in [0.4, 0.5) is 0 Å². The van der Waals surface area contributed by atoms with Crippen LogP contribution in [0.5, 0.6) is 0 Å². The van der Waals surface area contributed by atoms with Gasteiger partial charge in [0.15, 0.2) is 5.96 Å². The zero-order valence-corrected chi connectivity index (χ0v) is 17.6. The molecule has 3 rings (SSSR count). The Morgan fingerprint density at radius 3 is 2.68 bits per heavy atom. The van der Waals surface area contributed by atoms with Gasteiger partial charge >= 0.3 is 0 Å². The largest absolute Gasteiger partial charge is 0.388 e. The molecule has 1 atom stereocenters. The molecule has 0 aromatic heterocycles. The van der Waals surface area contributed by atoms with Gasteiger partial charge in [0, 0.05) is 19.6 Å². The highest BCUT2D eigenvalue weighted by molar-refractivity contribution is 14.0. The summed E-state index contributed by atoms with van der Waals surface area (Å²) in [6.07, 6.45) is 6.40. The van der Waals surface area contributed by atoms with Crippen molar-refractivity contribution in [2.24, 2.45) is 10.9 Å². The Morgan fingerprint density at radius 1 is 1.28 bits per heavy atom. The molecule has 1 saturated carbocycles. The molecule has 0 bridgehead atoms. The average molecular weight is 457 g/mol. The van der Waals surface area contributed by atoms with E-state index in [-0.39, 0.29) is 24.0 Å². The quantitative estimate of drug-likeness (QED) is 0.405. The first-order valence-corrected chi connectivity index (χ1v) is 9.48. The van der Waals surface area contributed by atoms with E-state index in [0.29, 0.717) is 12.5 Å². The summed E-state index contributed by atoms with van der Waals surface area (Å²) < 4.78 is 0. The van der Waals surface area contributed by atoms with Crippen LogP contribution in [0.2, 0.25) is 0 Å². The van der Waals surface area contributed by atoms with Gasteiger partial charge in [-0.25, -0.2) is 0 Å². The molecule has 4 nitrogen and oxygen atoms in total. The molecule has 1 saturated heterocycles. The highest BCUT2D eigenvalue weighted by atomic mass is 127. The van der Waals surface area contributed by atoms with Crippen molar-refractivity contribution in [2.45, 2.75) is 51.0 Å². The van der Waals surface area contributed by atoms with E-state index < -0.39 is 5.60 Å². The lowest BCUT2D eigenvalue weighted by Gasteiger charge is -2.25. The molecule has 5 heteroatoms. The van der Waals surface area contributed by atoms with Gasteiger partial charge in [0.05, 0.1) is 12.1 Å². The fraction of sp³-hybridized carbons (Fsp3) is 0.650. The molecule has 2 fully saturated rings. The summed E-state index contributed by atoms with van der Waals surface area (Å²) in [6, 6.07) is 10.8. The predicted octanol–water partition coefficient (Wildman–Crippen LogP) is 3.44. The van der Waals surface area contributed by atoms with Gasteiger partial charge in [-0.15, -0.1) is 24.0 Å². The number of rotatable bonds is 5. The Bertz CT molecular complexity index is 543. The molecule has 1 aliphatic carbocycles. The number of aliphatic imine (C=N–C) groups is 1. The van der Waals surface area contributed by atoms with Gasteiger partial charge < -0.3 is 15.3 Å². The van der Waals surface area contributed by atoms with Crippen molar-refractivity contribution >= 4 is 29.9 Å². The molecule has 0 spiro atoms. The molecule has 1 aliphatic heterocycles. The number of likely N-dealkylation sites (tertiary alicyclic amines) is 1. The normalized spacial score (nSPS) is 22.7. The average Bonchev–Trinajstić information content (AvgIpc) is 3.22. The van der Waals surface area contributed by atoms with E-state index in [1.54, 1.807) is 0 Å². The van der Waals surface area contributed by atoms with E-state index in [2.05, 4.69) is 47.5 Å². The maximum Gasteiger partial charge on any atom is 0.194 e. The second-order valence-corrected chi connectivity index (χ2v) is 7.39. The minimum Gasteiger partial charge on any atom is -0.388 e. The molecule has 2 aliphatic rings. The summed E-state index contributed by atoms with van der Waals surface area (Å²) in [7, 11) is 0. The lowest BCUT2D eigenvalue weighted by atomic mass is 9.99. The Balaban J connectivity index is 0.00000225. The summed E-state index contributed by atoms with van der Waals surface area (Å²) in [6.45, 7) is 5.63. The molecule has 140 valence electrons. The minimum absolute atomic E-state index is 0. The first-order chi connectivity index (χ1) is 11.7. The summed E-state index contributed by atoms with van der Waals surface area (Å²) in [5.41, 5.74) is 0.857. The van der Waals surface area contributed by atoms with Crippen LogP contribution in [0.15, 0.2) is 35.3 Å². The third kappa shape index (κ3) is 5.84. The number of halogens is 1. The van der Waals surface area contributed by atoms with Crippen LogP contribution in [0, 0.1) is 5.92 Å². The van der Waals surface area contributed by atoms with Gasteiger partial charge in [0.1, 0.15) is 0 Å². The Hall–Kier alpha value is -0.820. The van der Waals surface area contributed by atoms with Crippen molar-refractivity contribution in [3.63, 3.8) is 0 Å². The van der Waals surface area contributed by atoms with Crippen LogP contribution < -0.4 is 5.32 Å². The highest BCUT2D eigenvalue weighted by Gasteiger charge is 2.31. The molecule has 1 aromatic carbocycles. The second-order valence-electron chi connectivity index (χ2n) is 7.39. The van der Waals surface area contributed by atoms with E-state index in [1.807, 2.05) is 0 Å². The summed E-state index contributed by atoms with van der Waals surface area (Å²) in [5, 5.41) is 14.0. The van der Waals surface area contributed by atoms with Gasteiger partial charge in [-0.2, -0.15) is 0 Å². The molecule has 0 radical (unpaired) electrons. The predicted molar refractivity (Wildman–Crippen MR) is 115 cm³/mol. The molecule has 0 amide bonds. The van der Waals surface area contributed by atoms with E-state index in [1.165, 1.54) is 12.0 Å². The van der Waals surface area contributed by atoms with Crippen molar-refractivity contribution < 1.29 is 5.11 Å². The third-order valence-corrected chi connectivity index (χ3v) is 5.34. The van der Waals surface area contributed by atoms with Gasteiger partial charge in [-0.3, -0.25) is 4.99 Å². The van der Waals surface area contributed by atoms with Crippen LogP contribution in [0.25, 0.3) is 0 Å². The summed E-state index contributed by atoms with van der Waals surface area (Å²) in [5.74, 6) is 1.67. The molecular weight excluding hydrogens is 425 g/mol. The first-order valence-electron chi connectivity index (χ1n) is 9.48. The van der Waals surface area contributed by atoms with E-state index >= 15 is 0 Å². The summed E-state index contributed by atoms with van der Waals surface area (Å²) in [4.78, 5) is 7.14. The van der Waals surface area contributed by atoms with E-state index in [0.717, 1.165) is 57.7 Å². The zero-order chi connectivity index (χ0) is 16.8. The molecular formula is C20H32IN3O. The van der Waals surface area contributed by atoms with Gasteiger partial charge in [0.25, 0.3) is 0 Å². The maximum absolute atomic E-state index is 10.5. The second kappa shape index (κ2) is 9.76. The van der Waals surface area contributed by atoms with Crippen molar-refractivity contribution in [1.82, 2.24) is 10.2 Å².